The summed E-state index contributed by atoms with van der Waals surface area (Å²) in [7, 11) is 0. The monoisotopic (exact) mass is 328 g/mol. The van der Waals surface area contributed by atoms with Crippen LogP contribution in [0.1, 0.15) is 6.42 Å². The van der Waals surface area contributed by atoms with E-state index in [-0.39, 0.29) is 13.0 Å². The topological polar surface area (TPSA) is 28.4 Å². The molecule has 2 aromatic rings. The second-order valence-corrected chi connectivity index (χ2v) is 6.34. The first-order chi connectivity index (χ1) is 10.5. The van der Waals surface area contributed by atoms with Crippen LogP contribution in [-0.4, -0.2) is 46.7 Å². The molecular weight excluding hydrogens is 310 g/mol. The normalized spacial score (nSPS) is 22.3. The number of aliphatic hydroxyl groups is 1. The summed E-state index contributed by atoms with van der Waals surface area (Å²) in [6.07, 6.45) is 1.81. The van der Waals surface area contributed by atoms with E-state index in [0.29, 0.717) is 18.1 Å². The predicted molar refractivity (Wildman–Crippen MR) is 83.5 cm³/mol. The van der Waals surface area contributed by atoms with Gasteiger partial charge in [0.15, 0.2) is 0 Å². The molecule has 1 N–H and O–H groups in total. The lowest BCUT2D eigenvalue weighted by molar-refractivity contribution is -0.120. The van der Waals surface area contributed by atoms with Crippen molar-refractivity contribution in [3.63, 3.8) is 0 Å². The van der Waals surface area contributed by atoms with Gasteiger partial charge in [0.05, 0.1) is 12.5 Å². The Morgan fingerprint density at radius 2 is 2.09 bits per heavy atom. The minimum Gasteiger partial charge on any atom is -0.396 e. The fourth-order valence-electron chi connectivity index (χ4n) is 3.06. The zero-order valence-corrected chi connectivity index (χ0v) is 12.9. The van der Waals surface area contributed by atoms with Gasteiger partial charge in [-0.3, -0.25) is 0 Å². The van der Waals surface area contributed by atoms with Crippen molar-refractivity contribution in [2.75, 3.05) is 26.2 Å². The van der Waals surface area contributed by atoms with Gasteiger partial charge in [0, 0.05) is 54.7 Å². The molecule has 0 radical (unpaired) electrons. The number of fused-ring (bicyclic) bond motifs is 1. The molecular formula is C16H19ClF2N2O. The van der Waals surface area contributed by atoms with Crippen LogP contribution in [-0.2, 0) is 6.54 Å². The first kappa shape index (κ1) is 15.7. The van der Waals surface area contributed by atoms with E-state index in [1.54, 1.807) is 0 Å². The van der Waals surface area contributed by atoms with Crippen LogP contribution in [0.4, 0.5) is 8.78 Å². The average molecular weight is 329 g/mol. The maximum absolute atomic E-state index is 13.6. The Hall–Kier alpha value is -1.17. The Morgan fingerprint density at radius 3 is 2.86 bits per heavy atom. The maximum atomic E-state index is 13.6. The molecule has 22 heavy (non-hydrogen) atoms. The number of rotatable bonds is 4. The summed E-state index contributed by atoms with van der Waals surface area (Å²) >= 11 is 5.97. The highest BCUT2D eigenvalue weighted by Gasteiger charge is 2.43. The van der Waals surface area contributed by atoms with E-state index in [4.69, 9.17) is 16.7 Å². The molecule has 0 spiro atoms. The predicted octanol–water partition coefficient (Wildman–Crippen LogP) is 3.24. The van der Waals surface area contributed by atoms with Crippen LogP contribution >= 0.6 is 11.6 Å². The van der Waals surface area contributed by atoms with Crippen molar-refractivity contribution in [2.24, 2.45) is 5.92 Å². The molecule has 0 aliphatic carbocycles. The second-order valence-electron chi connectivity index (χ2n) is 5.90. The first-order valence-corrected chi connectivity index (χ1v) is 7.83. The number of benzene rings is 1. The van der Waals surface area contributed by atoms with Gasteiger partial charge >= 0.3 is 0 Å². The van der Waals surface area contributed by atoms with Gasteiger partial charge < -0.3 is 14.6 Å². The Kier molecular flexibility index (Phi) is 4.39. The highest BCUT2D eigenvalue weighted by Crippen LogP contribution is 2.33. The summed E-state index contributed by atoms with van der Waals surface area (Å²) in [4.78, 5) is 2.00. The van der Waals surface area contributed by atoms with E-state index in [1.165, 1.54) is 0 Å². The number of likely N-dealkylation sites (tertiary alicyclic amines) is 1. The maximum Gasteiger partial charge on any atom is 0.255 e. The SMILES string of the molecule is OC[C@H]1CN(CCn2ccc3cc(Cl)ccc32)CCC1(F)F. The zero-order valence-electron chi connectivity index (χ0n) is 12.2. The summed E-state index contributed by atoms with van der Waals surface area (Å²) in [5.74, 6) is -3.70. The highest BCUT2D eigenvalue weighted by molar-refractivity contribution is 6.31. The third-order valence-corrected chi connectivity index (χ3v) is 4.68. The van der Waals surface area contributed by atoms with E-state index < -0.39 is 18.4 Å². The van der Waals surface area contributed by atoms with Crippen molar-refractivity contribution >= 4 is 22.5 Å². The van der Waals surface area contributed by atoms with Gasteiger partial charge in [0.25, 0.3) is 5.92 Å². The van der Waals surface area contributed by atoms with Crippen LogP contribution in [0.25, 0.3) is 10.9 Å². The third-order valence-electron chi connectivity index (χ3n) is 4.45. The largest absolute Gasteiger partial charge is 0.396 e. The molecule has 6 heteroatoms. The standard InChI is InChI=1S/C16H19ClF2N2O/c17-14-1-2-15-12(9-14)3-5-21(15)8-7-20-6-4-16(18,19)13(10-20)11-22/h1-3,5,9,13,22H,4,6-8,10-11H2/t13-/m1/s1. The second kappa shape index (κ2) is 6.14. The van der Waals surface area contributed by atoms with E-state index in [1.807, 2.05) is 35.4 Å². The van der Waals surface area contributed by atoms with Gasteiger partial charge in [-0.1, -0.05) is 11.6 Å². The highest BCUT2D eigenvalue weighted by atomic mass is 35.5. The van der Waals surface area contributed by atoms with Gasteiger partial charge in [0.2, 0.25) is 0 Å². The molecule has 0 saturated carbocycles. The van der Waals surface area contributed by atoms with Crippen LogP contribution in [0, 0.1) is 5.92 Å². The summed E-state index contributed by atoms with van der Waals surface area (Å²) in [5.41, 5.74) is 1.09. The fraction of sp³-hybridized carbons (Fsp3) is 0.500. The number of halogens is 3. The lowest BCUT2D eigenvalue weighted by Gasteiger charge is -2.37. The Bertz CT molecular complexity index is 659. The molecule has 1 aromatic carbocycles. The fourth-order valence-corrected chi connectivity index (χ4v) is 3.24. The van der Waals surface area contributed by atoms with E-state index in [2.05, 4.69) is 4.57 Å². The van der Waals surface area contributed by atoms with Crippen LogP contribution in [0.2, 0.25) is 5.02 Å². The molecule has 120 valence electrons. The molecule has 0 amide bonds. The average Bonchev–Trinajstić information content (AvgIpc) is 2.88. The van der Waals surface area contributed by atoms with Gasteiger partial charge in [-0.25, -0.2) is 8.78 Å². The third kappa shape index (κ3) is 3.12. The quantitative estimate of drug-likeness (QED) is 0.933. The van der Waals surface area contributed by atoms with Crippen LogP contribution in [0.15, 0.2) is 30.5 Å². The number of piperidine rings is 1. The van der Waals surface area contributed by atoms with Gasteiger partial charge in [0.1, 0.15) is 0 Å². The number of alkyl halides is 2. The van der Waals surface area contributed by atoms with Crippen molar-refractivity contribution in [3.8, 4) is 0 Å². The molecule has 1 saturated heterocycles. The lowest BCUT2D eigenvalue weighted by atomic mass is 9.94. The summed E-state index contributed by atoms with van der Waals surface area (Å²) < 4.78 is 29.3. The molecule has 1 fully saturated rings. The number of aliphatic hydroxyl groups excluding tert-OH is 1. The van der Waals surface area contributed by atoms with Crippen LogP contribution in [0.5, 0.6) is 0 Å². The molecule has 0 unspecified atom stereocenters. The molecule has 1 aliphatic heterocycles. The summed E-state index contributed by atoms with van der Waals surface area (Å²) in [5, 5.41) is 10.9. The van der Waals surface area contributed by atoms with Crippen LogP contribution < -0.4 is 0 Å². The molecule has 3 nitrogen and oxygen atoms in total. The minimum atomic E-state index is -2.75. The van der Waals surface area contributed by atoms with E-state index in [9.17, 15) is 8.78 Å². The first-order valence-electron chi connectivity index (χ1n) is 7.45. The van der Waals surface area contributed by atoms with Crippen molar-refractivity contribution in [1.29, 1.82) is 0 Å². The van der Waals surface area contributed by atoms with Gasteiger partial charge in [-0.2, -0.15) is 0 Å². The van der Waals surface area contributed by atoms with Crippen LogP contribution in [0.3, 0.4) is 0 Å². The van der Waals surface area contributed by atoms with Crippen molar-refractivity contribution in [3.05, 3.63) is 35.5 Å². The Labute approximate surface area is 133 Å². The number of nitrogens with zero attached hydrogens (tertiary/aromatic N) is 2. The Morgan fingerprint density at radius 1 is 1.27 bits per heavy atom. The van der Waals surface area contributed by atoms with Crippen molar-refractivity contribution < 1.29 is 13.9 Å². The summed E-state index contributed by atoms with van der Waals surface area (Å²) in [6, 6.07) is 7.74. The van der Waals surface area contributed by atoms with Crippen molar-refractivity contribution in [1.82, 2.24) is 9.47 Å². The molecule has 2 heterocycles. The number of aromatic nitrogens is 1. The number of hydrogen-bond donors (Lipinski definition) is 1. The molecule has 1 aliphatic rings. The van der Waals surface area contributed by atoms with Gasteiger partial charge in [-0.05, 0) is 24.3 Å². The minimum absolute atomic E-state index is 0.180. The van der Waals surface area contributed by atoms with E-state index in [0.717, 1.165) is 17.4 Å². The van der Waals surface area contributed by atoms with E-state index >= 15 is 0 Å². The Balaban J connectivity index is 1.65. The zero-order chi connectivity index (χ0) is 15.7. The molecule has 1 aromatic heterocycles. The molecule has 1 atom stereocenters. The summed E-state index contributed by atoms with van der Waals surface area (Å²) in [6.45, 7) is 1.57. The molecule has 0 bridgehead atoms. The number of hydrogen-bond acceptors (Lipinski definition) is 2. The van der Waals surface area contributed by atoms with Crippen molar-refractivity contribution in [2.45, 2.75) is 18.9 Å². The lowest BCUT2D eigenvalue weighted by Crippen LogP contribution is -2.49. The van der Waals surface area contributed by atoms with Gasteiger partial charge in [-0.15, -0.1) is 0 Å². The smallest absolute Gasteiger partial charge is 0.255 e. The molecule has 3 rings (SSSR count).